The first kappa shape index (κ1) is 52.5. The van der Waals surface area contributed by atoms with E-state index in [-0.39, 0.29) is 43.3 Å². The minimum Gasteiger partial charge on any atom is -0.481 e. The second-order valence-electron chi connectivity index (χ2n) is 17.5. The van der Waals surface area contributed by atoms with Crippen molar-refractivity contribution in [2.45, 2.75) is 98.8 Å². The predicted molar refractivity (Wildman–Crippen MR) is 273 cm³/mol. The summed E-state index contributed by atoms with van der Waals surface area (Å²) in [5.74, 6) is -2.66. The van der Waals surface area contributed by atoms with Gasteiger partial charge in [0.15, 0.2) is 5.69 Å². The molecule has 10 rings (SSSR count). The monoisotopic (exact) mass is 988 g/mol. The zero-order valence-electron chi connectivity index (χ0n) is 40.8. The van der Waals surface area contributed by atoms with Gasteiger partial charge in [-0.3, -0.25) is 14.4 Å². The third kappa shape index (κ3) is 11.7. The van der Waals surface area contributed by atoms with E-state index in [0.29, 0.717) is 31.7 Å². The third-order valence-electron chi connectivity index (χ3n) is 13.3. The second kappa shape index (κ2) is 23.7. The molecule has 0 spiro atoms. The molecule has 378 valence electrons. The average Bonchev–Trinajstić information content (AvgIpc) is 4.05. The SMILES string of the molecule is C.CCn1nnc2c(C)c(C(CC(=O)O)c3ccc4c(c3)CN(C(=O)c3ccncn3)CC4)ccc21.CCn1nnc2c(C)c(C(CC(=O)OC)c3ccc4c(c3)CNCC4)ccc21.O=C(O)c1ccncn1. The minimum absolute atomic E-state index is 0. The molecule has 3 N–H and O–H groups in total. The minimum atomic E-state index is -1.03. The Kier molecular flexibility index (Phi) is 17.1. The normalized spacial score (nSPS) is 13.5. The Balaban J connectivity index is 0.000000183. The highest BCUT2D eigenvalue weighted by Crippen LogP contribution is 2.37. The molecule has 2 atom stereocenters. The quantitative estimate of drug-likeness (QED) is 0.102. The highest BCUT2D eigenvalue weighted by atomic mass is 16.5. The molecular formula is C54H60N12O7. The average molecular weight is 989 g/mol. The number of aryl methyl sites for hydroxylation is 4. The molecule has 19 heteroatoms. The number of esters is 1. The zero-order valence-corrected chi connectivity index (χ0v) is 40.8. The van der Waals surface area contributed by atoms with Crippen LogP contribution < -0.4 is 5.32 Å². The third-order valence-corrected chi connectivity index (χ3v) is 13.3. The van der Waals surface area contributed by atoms with Crippen LogP contribution in [-0.4, -0.2) is 109 Å². The summed E-state index contributed by atoms with van der Waals surface area (Å²) in [6.45, 7) is 12.5. The largest absolute Gasteiger partial charge is 0.481 e. The number of carbonyl (C=O) groups excluding carboxylic acids is 2. The highest BCUT2D eigenvalue weighted by molar-refractivity contribution is 5.92. The number of hydrogen-bond donors (Lipinski definition) is 3. The summed E-state index contributed by atoms with van der Waals surface area (Å²) in [4.78, 5) is 63.9. The van der Waals surface area contributed by atoms with E-state index in [9.17, 15) is 24.3 Å². The Morgan fingerprint density at radius 1 is 0.685 bits per heavy atom. The molecule has 73 heavy (non-hydrogen) atoms. The Bertz CT molecular complexity index is 3250. The lowest BCUT2D eigenvalue weighted by molar-refractivity contribution is -0.141. The number of benzene rings is 4. The maximum absolute atomic E-state index is 12.9. The number of aromatic nitrogens is 10. The Morgan fingerprint density at radius 3 is 1.74 bits per heavy atom. The number of fused-ring (bicyclic) bond motifs is 4. The van der Waals surface area contributed by atoms with Gasteiger partial charge in [0, 0.05) is 57.0 Å². The van der Waals surface area contributed by atoms with Crippen molar-refractivity contribution in [3.63, 3.8) is 0 Å². The number of methoxy groups -OCH3 is 1. The first-order valence-electron chi connectivity index (χ1n) is 23.8. The Labute approximate surface area is 422 Å². The van der Waals surface area contributed by atoms with E-state index in [1.165, 1.54) is 48.7 Å². The van der Waals surface area contributed by atoms with Gasteiger partial charge < -0.3 is 25.2 Å². The number of hydrogen-bond acceptors (Lipinski definition) is 14. The lowest BCUT2D eigenvalue weighted by Crippen LogP contribution is -2.36. The topological polar surface area (TPSA) is 246 Å². The molecule has 19 nitrogen and oxygen atoms in total. The maximum atomic E-state index is 12.9. The number of amides is 1. The number of carboxylic acid groups (broad SMARTS) is 2. The lowest BCUT2D eigenvalue weighted by Gasteiger charge is -2.30. The number of aliphatic carboxylic acids is 1. The van der Waals surface area contributed by atoms with Crippen LogP contribution in [0, 0.1) is 13.8 Å². The molecule has 0 aliphatic carbocycles. The van der Waals surface area contributed by atoms with Gasteiger partial charge in [0.2, 0.25) is 0 Å². The highest BCUT2D eigenvalue weighted by Gasteiger charge is 2.28. The zero-order chi connectivity index (χ0) is 50.9. The van der Waals surface area contributed by atoms with Crippen LogP contribution in [0.1, 0.15) is 123 Å². The molecule has 1 amide bonds. The van der Waals surface area contributed by atoms with Gasteiger partial charge >= 0.3 is 17.9 Å². The maximum Gasteiger partial charge on any atom is 0.354 e. The van der Waals surface area contributed by atoms with E-state index in [1.54, 1.807) is 17.2 Å². The van der Waals surface area contributed by atoms with Gasteiger partial charge in [-0.2, -0.15) is 0 Å². The number of aromatic carboxylic acids is 1. The van der Waals surface area contributed by atoms with Gasteiger partial charge in [-0.05, 0) is 127 Å². The van der Waals surface area contributed by atoms with Crippen molar-refractivity contribution in [3.8, 4) is 0 Å². The molecule has 2 aliphatic heterocycles. The summed E-state index contributed by atoms with van der Waals surface area (Å²) >= 11 is 0. The first-order valence-corrected chi connectivity index (χ1v) is 23.8. The van der Waals surface area contributed by atoms with E-state index < -0.39 is 11.9 Å². The van der Waals surface area contributed by atoms with E-state index in [2.05, 4.69) is 102 Å². The molecule has 8 aromatic rings. The van der Waals surface area contributed by atoms with Gasteiger partial charge in [0.25, 0.3) is 5.91 Å². The summed E-state index contributed by atoms with van der Waals surface area (Å²) in [7, 11) is 1.44. The van der Waals surface area contributed by atoms with Crippen LogP contribution in [0.2, 0.25) is 0 Å². The molecule has 0 fully saturated rings. The number of nitrogens with one attached hydrogen (secondary N) is 1. The molecule has 2 aliphatic rings. The van der Waals surface area contributed by atoms with Crippen LogP contribution >= 0.6 is 0 Å². The lowest BCUT2D eigenvalue weighted by atomic mass is 9.83. The van der Waals surface area contributed by atoms with E-state index in [0.717, 1.165) is 93.5 Å². The van der Waals surface area contributed by atoms with Crippen LogP contribution in [0.4, 0.5) is 0 Å². The van der Waals surface area contributed by atoms with Crippen molar-refractivity contribution >= 4 is 45.9 Å². The van der Waals surface area contributed by atoms with Crippen molar-refractivity contribution in [2.75, 3.05) is 20.2 Å². The van der Waals surface area contributed by atoms with Crippen LogP contribution in [0.25, 0.3) is 22.1 Å². The fourth-order valence-electron chi connectivity index (χ4n) is 9.51. The number of rotatable bonds is 12. The summed E-state index contributed by atoms with van der Waals surface area (Å²) < 4.78 is 8.73. The molecule has 4 aromatic heterocycles. The van der Waals surface area contributed by atoms with Crippen molar-refractivity contribution in [1.29, 1.82) is 0 Å². The van der Waals surface area contributed by atoms with Crippen LogP contribution in [0.3, 0.4) is 0 Å². The van der Waals surface area contributed by atoms with Crippen molar-refractivity contribution < 1.29 is 34.1 Å². The molecule has 6 heterocycles. The molecule has 0 saturated heterocycles. The van der Waals surface area contributed by atoms with Crippen molar-refractivity contribution in [2.24, 2.45) is 0 Å². The van der Waals surface area contributed by atoms with Gasteiger partial charge in [-0.1, -0.05) is 66.4 Å². The number of ether oxygens (including phenoxy) is 1. The predicted octanol–water partition coefficient (Wildman–Crippen LogP) is 7.27. The molecule has 0 radical (unpaired) electrons. The molecule has 0 bridgehead atoms. The summed E-state index contributed by atoms with van der Waals surface area (Å²) in [5, 5.41) is 38.7. The van der Waals surface area contributed by atoms with Crippen LogP contribution in [0.15, 0.2) is 97.8 Å². The Morgan fingerprint density at radius 2 is 1.23 bits per heavy atom. The van der Waals surface area contributed by atoms with Gasteiger partial charge in [-0.15, -0.1) is 10.2 Å². The summed E-state index contributed by atoms with van der Waals surface area (Å²) in [6, 6.07) is 23.8. The standard InChI is InChI=1S/C26H26N6O3.C22H26N4O2.C5H4N2O2.CH4/c1-3-32-23-7-6-20(16(2)25(23)29-30-32)21(13-24(33)34)18-5-4-17-9-11-31(14-19(17)12-18)26(35)22-8-10-27-15-28-22;1-4-26-20-8-7-18(14(2)22(20)24-25-26)19(12-21(27)28-3)16-6-5-15-9-10-23-13-17(15)11-16;8-5(9)4-1-2-6-3-7-4;/h4-8,10,12,15,21H,3,9,11,13-14H2,1-2H3,(H,33,34);5-8,11,19,23H,4,9-10,12-13H2,1-3H3;1-3H,(H,8,9);1H4. The molecular weight excluding hydrogens is 929 g/mol. The number of nitrogens with zero attached hydrogens (tertiary/aromatic N) is 11. The van der Waals surface area contributed by atoms with E-state index in [1.807, 2.05) is 41.4 Å². The number of carboxylic acids is 2. The van der Waals surface area contributed by atoms with Gasteiger partial charge in [-0.25, -0.2) is 34.1 Å². The van der Waals surface area contributed by atoms with Crippen molar-refractivity contribution in [3.05, 3.63) is 165 Å². The Hall–Kier alpha value is -8.32. The molecule has 4 aromatic carbocycles. The fourth-order valence-corrected chi connectivity index (χ4v) is 9.51. The molecule has 0 saturated carbocycles. The second-order valence-corrected chi connectivity index (χ2v) is 17.5. The van der Waals surface area contributed by atoms with E-state index in [4.69, 9.17) is 9.84 Å². The number of carbonyl (C=O) groups is 4. The van der Waals surface area contributed by atoms with Gasteiger partial charge in [0.05, 0.1) is 31.0 Å². The van der Waals surface area contributed by atoms with Gasteiger partial charge in [0.1, 0.15) is 29.4 Å². The van der Waals surface area contributed by atoms with E-state index >= 15 is 0 Å². The van der Waals surface area contributed by atoms with Crippen LogP contribution in [0.5, 0.6) is 0 Å². The summed E-state index contributed by atoms with van der Waals surface area (Å²) in [5.41, 5.74) is 15.0. The molecule has 2 unspecified atom stereocenters. The fraction of sp³-hybridized carbons (Fsp3) is 0.333. The smallest absolute Gasteiger partial charge is 0.354 e. The first-order chi connectivity index (χ1) is 34.9. The summed E-state index contributed by atoms with van der Waals surface area (Å²) in [6.07, 6.45) is 7.56. The van der Waals surface area contributed by atoms with Crippen LogP contribution in [-0.2, 0) is 53.3 Å². The van der Waals surface area contributed by atoms with Crippen molar-refractivity contribution in [1.82, 2.24) is 60.1 Å².